The molecule has 0 aromatic rings. The van der Waals surface area contributed by atoms with Crippen molar-refractivity contribution in [2.45, 2.75) is 25.8 Å². The lowest BCUT2D eigenvalue weighted by Gasteiger charge is -2.40. The van der Waals surface area contributed by atoms with Crippen LogP contribution >= 0.6 is 0 Å². The van der Waals surface area contributed by atoms with Crippen LogP contribution in [0, 0.1) is 0 Å². The van der Waals surface area contributed by atoms with Gasteiger partial charge in [0.15, 0.2) is 0 Å². The van der Waals surface area contributed by atoms with E-state index in [1.807, 2.05) is 0 Å². The maximum Gasteiger partial charge on any atom is 0.252 e. The van der Waals surface area contributed by atoms with Crippen molar-refractivity contribution in [1.29, 1.82) is 0 Å². The van der Waals surface area contributed by atoms with Gasteiger partial charge in [-0.2, -0.15) is 0 Å². The first-order valence-electron chi connectivity index (χ1n) is 5.19. The molecule has 3 amide bonds. The number of rotatable bonds is 3. The molecule has 0 aromatic heterocycles. The van der Waals surface area contributed by atoms with Gasteiger partial charge < -0.3 is 10.2 Å². The second-order valence-corrected chi connectivity index (χ2v) is 4.27. The summed E-state index contributed by atoms with van der Waals surface area (Å²) >= 11 is 0. The van der Waals surface area contributed by atoms with E-state index in [4.69, 9.17) is 0 Å². The molecular weight excluding hydrogens is 210 g/mol. The Morgan fingerprint density at radius 2 is 2.12 bits per heavy atom. The van der Waals surface area contributed by atoms with Crippen molar-refractivity contribution >= 4 is 17.7 Å². The Morgan fingerprint density at radius 3 is 2.69 bits per heavy atom. The number of imide groups is 1. The molecule has 1 saturated heterocycles. The van der Waals surface area contributed by atoms with E-state index in [-0.39, 0.29) is 18.9 Å². The summed E-state index contributed by atoms with van der Waals surface area (Å²) in [5, 5.41) is 5.08. The average molecular weight is 227 g/mol. The number of carbonyl (C=O) groups is 3. The number of amides is 3. The summed E-state index contributed by atoms with van der Waals surface area (Å²) in [6.45, 7) is 3.74. The minimum Gasteiger partial charge on any atom is -0.319 e. The number of hydrogen-bond donors (Lipinski definition) is 2. The van der Waals surface area contributed by atoms with Crippen LogP contribution in [0.2, 0.25) is 0 Å². The van der Waals surface area contributed by atoms with Gasteiger partial charge in [0.05, 0.1) is 0 Å². The minimum absolute atomic E-state index is 0.0543. The van der Waals surface area contributed by atoms with Gasteiger partial charge in [-0.15, -0.1) is 0 Å². The van der Waals surface area contributed by atoms with Gasteiger partial charge in [-0.3, -0.25) is 19.7 Å². The lowest BCUT2D eigenvalue weighted by molar-refractivity contribution is -0.155. The Balaban J connectivity index is 2.79. The summed E-state index contributed by atoms with van der Waals surface area (Å²) < 4.78 is 0. The third kappa shape index (κ3) is 2.38. The third-order valence-electron chi connectivity index (χ3n) is 2.68. The van der Waals surface area contributed by atoms with Crippen LogP contribution in [0.25, 0.3) is 0 Å². The fourth-order valence-corrected chi connectivity index (χ4v) is 1.55. The Labute approximate surface area is 94.4 Å². The molecule has 1 heterocycles. The van der Waals surface area contributed by atoms with Crippen molar-refractivity contribution in [3.05, 3.63) is 0 Å². The lowest BCUT2D eigenvalue weighted by atomic mass is 9.98. The molecule has 16 heavy (non-hydrogen) atoms. The molecule has 1 aliphatic heterocycles. The molecule has 1 rings (SSSR count). The fourth-order valence-electron chi connectivity index (χ4n) is 1.55. The van der Waals surface area contributed by atoms with Crippen LogP contribution in [0.4, 0.5) is 0 Å². The zero-order valence-electron chi connectivity index (χ0n) is 9.79. The van der Waals surface area contributed by atoms with Gasteiger partial charge >= 0.3 is 0 Å². The Kier molecular flexibility index (Phi) is 3.64. The summed E-state index contributed by atoms with van der Waals surface area (Å²) in [6, 6.07) is 0. The maximum atomic E-state index is 11.8. The molecular formula is C10H17N3O3. The molecule has 1 fully saturated rings. The molecule has 0 spiro atoms. The van der Waals surface area contributed by atoms with Crippen molar-refractivity contribution in [3.63, 3.8) is 0 Å². The normalized spacial score (nSPS) is 19.6. The molecule has 6 heteroatoms. The zero-order valence-corrected chi connectivity index (χ0v) is 9.79. The smallest absolute Gasteiger partial charge is 0.252 e. The first-order valence-corrected chi connectivity index (χ1v) is 5.19. The number of nitrogens with one attached hydrogen (secondary N) is 2. The number of hydrogen-bond acceptors (Lipinski definition) is 4. The van der Waals surface area contributed by atoms with Gasteiger partial charge in [-0.25, -0.2) is 0 Å². The van der Waals surface area contributed by atoms with Crippen LogP contribution in [0.5, 0.6) is 0 Å². The van der Waals surface area contributed by atoms with E-state index in [2.05, 4.69) is 10.6 Å². The predicted molar refractivity (Wildman–Crippen MR) is 57.5 cm³/mol. The van der Waals surface area contributed by atoms with E-state index in [1.165, 1.54) is 4.90 Å². The maximum absolute atomic E-state index is 11.8. The van der Waals surface area contributed by atoms with Crippen LogP contribution < -0.4 is 10.6 Å². The first kappa shape index (κ1) is 12.6. The molecule has 1 aliphatic rings. The highest BCUT2D eigenvalue weighted by Gasteiger charge is 2.42. The molecule has 6 nitrogen and oxygen atoms in total. The first-order chi connectivity index (χ1) is 7.39. The molecule has 0 unspecified atom stereocenters. The van der Waals surface area contributed by atoms with Gasteiger partial charge in [0.1, 0.15) is 12.1 Å². The van der Waals surface area contributed by atoms with Gasteiger partial charge in [0.2, 0.25) is 11.8 Å². The van der Waals surface area contributed by atoms with Gasteiger partial charge in [0.25, 0.3) is 5.91 Å². The third-order valence-corrected chi connectivity index (χ3v) is 2.68. The van der Waals surface area contributed by atoms with Crippen molar-refractivity contribution in [3.8, 4) is 0 Å². The van der Waals surface area contributed by atoms with E-state index in [0.29, 0.717) is 6.54 Å². The molecule has 0 bridgehead atoms. The van der Waals surface area contributed by atoms with Crippen LogP contribution in [0.3, 0.4) is 0 Å². The monoisotopic (exact) mass is 227 g/mol. The van der Waals surface area contributed by atoms with Gasteiger partial charge in [-0.05, 0) is 20.9 Å². The van der Waals surface area contributed by atoms with E-state index in [9.17, 15) is 14.4 Å². The Hall–Kier alpha value is -1.43. The summed E-state index contributed by atoms with van der Waals surface area (Å²) in [5.41, 5.74) is -0.960. The average Bonchev–Trinajstić information content (AvgIpc) is 2.20. The molecule has 0 aromatic carbocycles. The van der Waals surface area contributed by atoms with Gasteiger partial charge in [-0.1, -0.05) is 0 Å². The van der Waals surface area contributed by atoms with Crippen molar-refractivity contribution < 1.29 is 14.4 Å². The summed E-state index contributed by atoms with van der Waals surface area (Å²) in [7, 11) is 1.74. The molecule has 0 aliphatic carbocycles. The molecule has 2 N–H and O–H groups in total. The molecule has 0 radical (unpaired) electrons. The molecule has 0 saturated carbocycles. The quantitative estimate of drug-likeness (QED) is 0.597. The number of nitrogens with zero attached hydrogens (tertiary/aromatic N) is 1. The van der Waals surface area contributed by atoms with E-state index >= 15 is 0 Å². The number of carbonyl (C=O) groups excluding carboxylic acids is 3. The van der Waals surface area contributed by atoms with Crippen molar-refractivity contribution in [1.82, 2.24) is 15.5 Å². The predicted octanol–water partition coefficient (Wildman–Crippen LogP) is -1.14. The summed E-state index contributed by atoms with van der Waals surface area (Å²) in [6.07, 6.45) is 0.278. The van der Waals surface area contributed by atoms with E-state index < -0.39 is 17.4 Å². The lowest BCUT2D eigenvalue weighted by Crippen LogP contribution is -2.65. The van der Waals surface area contributed by atoms with Crippen LogP contribution in [0.15, 0.2) is 0 Å². The second kappa shape index (κ2) is 4.61. The highest BCUT2D eigenvalue weighted by molar-refractivity contribution is 6.06. The Bertz CT molecular complexity index is 325. The molecule has 90 valence electrons. The van der Waals surface area contributed by atoms with Crippen LogP contribution in [0.1, 0.15) is 20.3 Å². The van der Waals surface area contributed by atoms with E-state index in [0.717, 1.165) is 0 Å². The van der Waals surface area contributed by atoms with Crippen LogP contribution in [-0.4, -0.2) is 48.3 Å². The summed E-state index contributed by atoms with van der Waals surface area (Å²) in [4.78, 5) is 35.9. The zero-order chi connectivity index (χ0) is 12.3. The number of piperazine rings is 1. The highest BCUT2D eigenvalue weighted by atomic mass is 16.2. The standard InChI is InChI=1S/C10H17N3O3/c1-10(2)9(16)12-7(14)6-13(10)8(15)4-5-11-3/h11H,4-6H2,1-3H3,(H,12,14,16). The minimum atomic E-state index is -0.960. The molecule has 0 atom stereocenters. The fraction of sp³-hybridized carbons (Fsp3) is 0.700. The van der Waals surface area contributed by atoms with Crippen molar-refractivity contribution in [2.24, 2.45) is 0 Å². The highest BCUT2D eigenvalue weighted by Crippen LogP contribution is 2.18. The Morgan fingerprint density at radius 1 is 1.50 bits per heavy atom. The van der Waals surface area contributed by atoms with Crippen LogP contribution in [-0.2, 0) is 14.4 Å². The summed E-state index contributed by atoms with van der Waals surface area (Å²) in [5.74, 6) is -1.05. The van der Waals surface area contributed by atoms with E-state index in [1.54, 1.807) is 20.9 Å². The second-order valence-electron chi connectivity index (χ2n) is 4.27. The van der Waals surface area contributed by atoms with Crippen molar-refractivity contribution in [2.75, 3.05) is 20.1 Å². The van der Waals surface area contributed by atoms with Gasteiger partial charge in [0, 0.05) is 13.0 Å². The largest absolute Gasteiger partial charge is 0.319 e. The topological polar surface area (TPSA) is 78.5 Å². The SMILES string of the molecule is CNCCC(=O)N1CC(=O)NC(=O)C1(C)C.